The van der Waals surface area contributed by atoms with Gasteiger partial charge in [-0.05, 0) is 80.1 Å². The molecule has 0 amide bonds. The van der Waals surface area contributed by atoms with Crippen molar-refractivity contribution < 1.29 is 9.50 Å². The lowest BCUT2D eigenvalue weighted by molar-refractivity contribution is 0.476. The number of benzene rings is 3. The average Bonchev–Trinajstić information content (AvgIpc) is 3.59. The van der Waals surface area contributed by atoms with E-state index in [-0.39, 0.29) is 11.6 Å². The van der Waals surface area contributed by atoms with Gasteiger partial charge < -0.3 is 15.0 Å². The van der Waals surface area contributed by atoms with Crippen LogP contribution in [0.2, 0.25) is 0 Å². The number of hydrogen-bond donors (Lipinski definition) is 2. The molecular weight excluding hydrogens is 399 g/mol. The largest absolute Gasteiger partial charge is 0.508 e. The minimum Gasteiger partial charge on any atom is -0.508 e. The van der Waals surface area contributed by atoms with Crippen LogP contribution in [0.4, 0.5) is 4.39 Å². The Morgan fingerprint density at radius 1 is 1.00 bits per heavy atom. The average molecular weight is 429 g/mol. The van der Waals surface area contributed by atoms with Gasteiger partial charge in [-0.25, -0.2) is 4.39 Å². The van der Waals surface area contributed by atoms with E-state index in [0.717, 1.165) is 47.6 Å². The maximum absolute atomic E-state index is 15.6. The Kier molecular flexibility index (Phi) is 5.71. The van der Waals surface area contributed by atoms with Gasteiger partial charge in [-0.1, -0.05) is 48.5 Å². The van der Waals surface area contributed by atoms with E-state index in [1.807, 2.05) is 35.8 Å². The molecule has 1 fully saturated rings. The van der Waals surface area contributed by atoms with E-state index < -0.39 is 0 Å². The predicted octanol–water partition coefficient (Wildman–Crippen LogP) is 6.05. The highest BCUT2D eigenvalue weighted by atomic mass is 19.1. The first-order valence-electron chi connectivity index (χ1n) is 11.5. The van der Waals surface area contributed by atoms with Gasteiger partial charge in [-0.15, -0.1) is 0 Å². The lowest BCUT2D eigenvalue weighted by atomic mass is 10.0. The summed E-state index contributed by atoms with van der Waals surface area (Å²) in [6.07, 6.45) is 3.77. The zero-order chi connectivity index (χ0) is 22.1. The Hall–Kier alpha value is -3.11. The van der Waals surface area contributed by atoms with Gasteiger partial charge >= 0.3 is 0 Å². The molecule has 1 aromatic heterocycles. The molecule has 1 saturated carbocycles. The van der Waals surface area contributed by atoms with E-state index in [4.69, 9.17) is 0 Å². The monoisotopic (exact) mass is 428 g/mol. The lowest BCUT2D eigenvalue weighted by Crippen LogP contribution is -2.19. The van der Waals surface area contributed by atoms with Crippen LogP contribution in [0.15, 0.2) is 66.7 Å². The molecule has 1 aliphatic rings. The number of aryl methyl sites for hydroxylation is 1. The van der Waals surface area contributed by atoms with Crippen LogP contribution in [0.5, 0.6) is 5.75 Å². The van der Waals surface area contributed by atoms with Gasteiger partial charge in [0.05, 0.1) is 11.2 Å². The SMILES string of the molecule is Cc1ccccc1-c1c(F)c2cc(O)ccc2n1Cc1ccc(CCNCC2CC2)cc1. The fraction of sp³-hybridized carbons (Fsp3) is 0.286. The van der Waals surface area contributed by atoms with Gasteiger partial charge in [-0.3, -0.25) is 0 Å². The van der Waals surface area contributed by atoms with Crippen molar-refractivity contribution in [1.82, 2.24) is 9.88 Å². The molecule has 5 rings (SSSR count). The Balaban J connectivity index is 1.44. The van der Waals surface area contributed by atoms with Crippen molar-refractivity contribution in [3.8, 4) is 17.0 Å². The first-order valence-corrected chi connectivity index (χ1v) is 11.5. The number of hydrogen-bond acceptors (Lipinski definition) is 2. The van der Waals surface area contributed by atoms with E-state index in [1.165, 1.54) is 24.5 Å². The van der Waals surface area contributed by atoms with Crippen molar-refractivity contribution in [3.63, 3.8) is 0 Å². The van der Waals surface area contributed by atoms with Crippen LogP contribution >= 0.6 is 0 Å². The zero-order valence-corrected chi connectivity index (χ0v) is 18.4. The van der Waals surface area contributed by atoms with Crippen molar-refractivity contribution in [3.05, 3.63) is 89.2 Å². The van der Waals surface area contributed by atoms with Crippen LogP contribution in [0.25, 0.3) is 22.2 Å². The molecule has 1 aliphatic carbocycles. The second-order valence-electron chi connectivity index (χ2n) is 8.98. The third-order valence-electron chi connectivity index (χ3n) is 6.47. The molecule has 164 valence electrons. The smallest absolute Gasteiger partial charge is 0.156 e. The highest BCUT2D eigenvalue weighted by Crippen LogP contribution is 2.36. The molecular formula is C28H29FN2O. The van der Waals surface area contributed by atoms with Gasteiger partial charge in [-0.2, -0.15) is 0 Å². The Morgan fingerprint density at radius 3 is 2.50 bits per heavy atom. The maximum atomic E-state index is 15.6. The topological polar surface area (TPSA) is 37.2 Å². The maximum Gasteiger partial charge on any atom is 0.156 e. The van der Waals surface area contributed by atoms with Crippen LogP contribution in [0, 0.1) is 18.7 Å². The molecule has 0 spiro atoms. The third kappa shape index (κ3) is 4.28. The van der Waals surface area contributed by atoms with Crippen molar-refractivity contribution in [2.45, 2.75) is 32.7 Å². The summed E-state index contributed by atoms with van der Waals surface area (Å²) in [6, 6.07) is 21.4. The summed E-state index contributed by atoms with van der Waals surface area (Å²) >= 11 is 0. The van der Waals surface area contributed by atoms with Crippen LogP contribution in [-0.2, 0) is 13.0 Å². The minimum atomic E-state index is -0.288. The number of phenolic OH excluding ortho intramolecular Hbond substituents is 1. The van der Waals surface area contributed by atoms with Crippen LogP contribution in [-0.4, -0.2) is 22.8 Å². The third-order valence-corrected chi connectivity index (χ3v) is 6.47. The molecule has 3 aromatic carbocycles. The number of aromatic nitrogens is 1. The predicted molar refractivity (Wildman–Crippen MR) is 129 cm³/mol. The van der Waals surface area contributed by atoms with Crippen molar-refractivity contribution >= 4 is 10.9 Å². The summed E-state index contributed by atoms with van der Waals surface area (Å²) in [7, 11) is 0. The van der Waals surface area contributed by atoms with E-state index in [9.17, 15) is 5.11 Å². The molecule has 32 heavy (non-hydrogen) atoms. The molecule has 1 heterocycles. The first-order chi connectivity index (χ1) is 15.6. The Morgan fingerprint density at radius 2 is 1.75 bits per heavy atom. The lowest BCUT2D eigenvalue weighted by Gasteiger charge is -2.13. The quantitative estimate of drug-likeness (QED) is 0.335. The van der Waals surface area contributed by atoms with E-state index >= 15 is 4.39 Å². The van der Waals surface area contributed by atoms with Crippen LogP contribution in [0.1, 0.15) is 29.5 Å². The number of fused-ring (bicyclic) bond motifs is 1. The Labute approximate surface area is 188 Å². The molecule has 2 N–H and O–H groups in total. The van der Waals surface area contributed by atoms with Gasteiger partial charge in [0, 0.05) is 17.5 Å². The molecule has 4 heteroatoms. The highest BCUT2D eigenvalue weighted by Gasteiger charge is 2.21. The number of halogens is 1. The molecule has 0 radical (unpaired) electrons. The van der Waals surface area contributed by atoms with Crippen LogP contribution in [0.3, 0.4) is 0 Å². The summed E-state index contributed by atoms with van der Waals surface area (Å²) in [4.78, 5) is 0. The first kappa shape index (κ1) is 20.8. The van der Waals surface area contributed by atoms with Gasteiger partial charge in [0.15, 0.2) is 5.82 Å². The molecule has 0 aliphatic heterocycles. The standard InChI is InChI=1S/C28H29FN2O/c1-19-4-2-3-5-24(19)28-27(29)25-16-23(32)12-13-26(25)31(28)18-22-10-6-20(7-11-22)14-15-30-17-21-8-9-21/h2-7,10-13,16,21,30,32H,8-9,14-15,17-18H2,1H3. The number of rotatable bonds is 8. The second kappa shape index (κ2) is 8.79. The summed E-state index contributed by atoms with van der Waals surface area (Å²) in [5.74, 6) is 0.687. The van der Waals surface area contributed by atoms with Crippen molar-refractivity contribution in [2.75, 3.05) is 13.1 Å². The molecule has 3 nitrogen and oxygen atoms in total. The van der Waals surface area contributed by atoms with Gasteiger partial charge in [0.25, 0.3) is 0 Å². The minimum absolute atomic E-state index is 0.0736. The van der Waals surface area contributed by atoms with Crippen molar-refractivity contribution in [1.29, 1.82) is 0 Å². The highest BCUT2D eigenvalue weighted by molar-refractivity contribution is 5.89. The molecule has 0 bridgehead atoms. The number of nitrogens with one attached hydrogen (secondary N) is 1. The van der Waals surface area contributed by atoms with Crippen LogP contribution < -0.4 is 5.32 Å². The van der Waals surface area contributed by atoms with E-state index in [1.54, 1.807) is 12.1 Å². The van der Waals surface area contributed by atoms with Gasteiger partial charge in [0.2, 0.25) is 0 Å². The fourth-order valence-corrected chi connectivity index (χ4v) is 4.42. The molecule has 4 aromatic rings. The fourth-order valence-electron chi connectivity index (χ4n) is 4.42. The van der Waals surface area contributed by atoms with Gasteiger partial charge in [0.1, 0.15) is 5.75 Å². The molecule has 0 atom stereocenters. The number of phenols is 1. The number of nitrogens with zero attached hydrogens (tertiary/aromatic N) is 1. The summed E-state index contributed by atoms with van der Waals surface area (Å²) in [6.45, 7) is 4.71. The second-order valence-corrected chi connectivity index (χ2v) is 8.98. The van der Waals surface area contributed by atoms with E-state index in [2.05, 4.69) is 29.6 Å². The normalized spacial score (nSPS) is 13.7. The summed E-state index contributed by atoms with van der Waals surface area (Å²) < 4.78 is 17.6. The zero-order valence-electron chi connectivity index (χ0n) is 18.4. The van der Waals surface area contributed by atoms with Crippen molar-refractivity contribution in [2.24, 2.45) is 5.92 Å². The molecule has 0 unspecified atom stereocenters. The Bertz CT molecular complexity index is 1240. The van der Waals surface area contributed by atoms with E-state index in [0.29, 0.717) is 17.6 Å². The number of aromatic hydroxyl groups is 1. The molecule has 0 saturated heterocycles. The summed E-state index contributed by atoms with van der Waals surface area (Å²) in [5, 5.41) is 13.9. The summed E-state index contributed by atoms with van der Waals surface area (Å²) in [5.41, 5.74) is 5.68.